The molecule has 108 valence electrons. The Morgan fingerprint density at radius 1 is 1.48 bits per heavy atom. The van der Waals surface area contributed by atoms with Gasteiger partial charge in [0.25, 0.3) is 0 Å². The van der Waals surface area contributed by atoms with Crippen LogP contribution in [0.25, 0.3) is 0 Å². The minimum Gasteiger partial charge on any atom is -0.477 e. The van der Waals surface area contributed by atoms with Crippen molar-refractivity contribution >= 4 is 27.6 Å². The number of nitro groups is 1. The number of aryl methyl sites for hydroxylation is 1. The number of carboxylic acids is 1. The first-order chi connectivity index (χ1) is 9.88. The van der Waals surface area contributed by atoms with Gasteiger partial charge in [0, 0.05) is 22.3 Å². The molecule has 1 heterocycles. The first kappa shape index (κ1) is 14.9. The maximum Gasteiger partial charge on any atom is 0.354 e. The van der Waals surface area contributed by atoms with Crippen molar-refractivity contribution in [1.29, 1.82) is 0 Å². The number of nitro benzene ring substituents is 1. The van der Waals surface area contributed by atoms with Crippen LogP contribution in [0, 0.1) is 17.0 Å². The zero-order valence-electron chi connectivity index (χ0n) is 10.6. The van der Waals surface area contributed by atoms with E-state index in [0.29, 0.717) is 10.0 Å². The third kappa shape index (κ3) is 3.31. The van der Waals surface area contributed by atoms with Gasteiger partial charge >= 0.3 is 17.7 Å². The van der Waals surface area contributed by atoms with Gasteiger partial charge in [0.1, 0.15) is 0 Å². The maximum absolute atomic E-state index is 11.1. The van der Waals surface area contributed by atoms with E-state index in [1.54, 1.807) is 13.0 Å². The smallest absolute Gasteiger partial charge is 0.354 e. The molecular weight excluding hydrogens is 346 g/mol. The predicted octanol–water partition coefficient (Wildman–Crippen LogP) is 2.95. The number of carbonyl (C=O) groups is 1. The number of hydrogen-bond donors (Lipinski definition) is 1. The molecule has 1 aromatic carbocycles. The topological polar surface area (TPSA) is 115 Å². The zero-order valence-corrected chi connectivity index (χ0v) is 12.2. The fourth-order valence-corrected chi connectivity index (χ4v) is 2.14. The quantitative estimate of drug-likeness (QED) is 0.663. The molecule has 0 bridgehead atoms. The van der Waals surface area contributed by atoms with Crippen LogP contribution >= 0.6 is 15.9 Å². The summed E-state index contributed by atoms with van der Waals surface area (Å²) in [6, 6.07) is 3.83. The summed E-state index contributed by atoms with van der Waals surface area (Å²) in [5.74, 6) is -1.28. The van der Waals surface area contributed by atoms with Crippen LogP contribution in [-0.4, -0.2) is 26.0 Å². The molecule has 21 heavy (non-hydrogen) atoms. The van der Waals surface area contributed by atoms with Gasteiger partial charge in [-0.1, -0.05) is 15.9 Å². The molecule has 2 rings (SSSR count). The minimum absolute atomic E-state index is 0.0364. The predicted molar refractivity (Wildman–Crippen MR) is 74.6 cm³/mol. The van der Waals surface area contributed by atoms with Crippen LogP contribution in [0.2, 0.25) is 0 Å². The lowest BCUT2D eigenvalue weighted by Crippen LogP contribution is -2.04. The first-order valence-corrected chi connectivity index (χ1v) is 6.36. The highest BCUT2D eigenvalue weighted by Gasteiger charge is 2.21. The number of benzene rings is 1. The summed E-state index contributed by atoms with van der Waals surface area (Å²) < 4.78 is 5.83. The first-order valence-electron chi connectivity index (χ1n) is 5.57. The third-order valence-corrected chi connectivity index (χ3v) is 2.92. The fraction of sp³-hybridized carbons (Fsp3) is 0.0833. The van der Waals surface area contributed by atoms with E-state index in [4.69, 9.17) is 9.84 Å². The molecular formula is C12H8BrN3O5. The molecule has 0 aliphatic carbocycles. The van der Waals surface area contributed by atoms with Gasteiger partial charge in [0.05, 0.1) is 4.92 Å². The molecule has 0 fully saturated rings. The monoisotopic (exact) mass is 353 g/mol. The molecule has 9 heteroatoms. The van der Waals surface area contributed by atoms with Gasteiger partial charge in [0.15, 0.2) is 5.69 Å². The average Bonchev–Trinajstić information content (AvgIpc) is 2.41. The second-order valence-corrected chi connectivity index (χ2v) is 4.88. The lowest BCUT2D eigenvalue weighted by atomic mass is 10.2. The van der Waals surface area contributed by atoms with Crippen LogP contribution in [0.5, 0.6) is 11.8 Å². The van der Waals surface area contributed by atoms with Crippen molar-refractivity contribution in [3.63, 3.8) is 0 Å². The third-order valence-electron chi connectivity index (χ3n) is 2.46. The van der Waals surface area contributed by atoms with Gasteiger partial charge in [-0.25, -0.2) is 9.78 Å². The Labute approximate surface area is 126 Å². The molecule has 0 amide bonds. The SMILES string of the molecule is Cc1cc(Br)cc([N+](=O)[O-])c1Oc1nccc(C(=O)O)n1. The number of carboxylic acid groups (broad SMARTS) is 1. The van der Waals surface area contributed by atoms with Crippen molar-refractivity contribution in [2.45, 2.75) is 6.92 Å². The summed E-state index contributed by atoms with van der Waals surface area (Å²) >= 11 is 3.16. The van der Waals surface area contributed by atoms with Crippen LogP contribution in [-0.2, 0) is 0 Å². The molecule has 2 aromatic rings. The Morgan fingerprint density at radius 3 is 2.81 bits per heavy atom. The summed E-state index contributed by atoms with van der Waals surface area (Å²) in [6.07, 6.45) is 1.20. The molecule has 0 atom stereocenters. The van der Waals surface area contributed by atoms with Gasteiger partial charge in [-0.2, -0.15) is 4.98 Å². The molecule has 1 aromatic heterocycles. The molecule has 0 unspecified atom stereocenters. The minimum atomic E-state index is -1.25. The van der Waals surface area contributed by atoms with E-state index in [9.17, 15) is 14.9 Å². The molecule has 8 nitrogen and oxygen atoms in total. The zero-order chi connectivity index (χ0) is 15.6. The van der Waals surface area contributed by atoms with Crippen molar-refractivity contribution in [2.24, 2.45) is 0 Å². The molecule has 0 spiro atoms. The van der Waals surface area contributed by atoms with Crippen LogP contribution in [0.4, 0.5) is 5.69 Å². The summed E-state index contributed by atoms with van der Waals surface area (Å²) in [7, 11) is 0. The van der Waals surface area contributed by atoms with Crippen LogP contribution < -0.4 is 4.74 Å². The van der Waals surface area contributed by atoms with E-state index >= 15 is 0 Å². The van der Waals surface area contributed by atoms with Crippen molar-refractivity contribution in [3.8, 4) is 11.8 Å². The Hall–Kier alpha value is -2.55. The van der Waals surface area contributed by atoms with Gasteiger partial charge < -0.3 is 9.84 Å². The normalized spacial score (nSPS) is 10.2. The molecule has 0 aliphatic heterocycles. The van der Waals surface area contributed by atoms with Crippen LogP contribution in [0.3, 0.4) is 0 Å². The molecule has 1 N–H and O–H groups in total. The number of aromatic nitrogens is 2. The summed E-state index contributed by atoms with van der Waals surface area (Å²) in [6.45, 7) is 1.62. The molecule has 0 saturated carbocycles. The summed E-state index contributed by atoms with van der Waals surface area (Å²) in [5, 5.41) is 19.9. The molecule has 0 saturated heterocycles. The van der Waals surface area contributed by atoms with E-state index in [1.807, 2.05) is 0 Å². The molecule has 0 radical (unpaired) electrons. The summed E-state index contributed by atoms with van der Waals surface area (Å²) in [5.41, 5.74) is -0.0518. The van der Waals surface area contributed by atoms with Gasteiger partial charge in [-0.05, 0) is 19.1 Å². The van der Waals surface area contributed by atoms with Crippen molar-refractivity contribution in [1.82, 2.24) is 9.97 Å². The second-order valence-electron chi connectivity index (χ2n) is 3.96. The highest BCUT2D eigenvalue weighted by atomic mass is 79.9. The fourth-order valence-electron chi connectivity index (χ4n) is 1.58. The highest BCUT2D eigenvalue weighted by Crippen LogP contribution is 2.36. The number of aromatic carboxylic acids is 1. The van der Waals surface area contributed by atoms with E-state index in [1.165, 1.54) is 18.3 Å². The number of halogens is 1. The van der Waals surface area contributed by atoms with Gasteiger partial charge in [0.2, 0.25) is 5.75 Å². The average molecular weight is 354 g/mol. The highest BCUT2D eigenvalue weighted by molar-refractivity contribution is 9.10. The van der Waals surface area contributed by atoms with E-state index < -0.39 is 10.9 Å². The lowest BCUT2D eigenvalue weighted by Gasteiger charge is -2.08. The van der Waals surface area contributed by atoms with Crippen molar-refractivity contribution in [3.05, 3.63) is 50.2 Å². The van der Waals surface area contributed by atoms with E-state index in [-0.39, 0.29) is 23.1 Å². The number of nitrogens with zero attached hydrogens (tertiary/aromatic N) is 3. The Morgan fingerprint density at radius 2 is 2.19 bits per heavy atom. The van der Waals surface area contributed by atoms with Crippen LogP contribution in [0.1, 0.15) is 16.1 Å². The summed E-state index contributed by atoms with van der Waals surface area (Å²) in [4.78, 5) is 28.7. The number of ether oxygens (including phenoxy) is 1. The largest absolute Gasteiger partial charge is 0.477 e. The standard InChI is InChI=1S/C12H8BrN3O5/c1-6-4-7(13)5-9(16(19)20)10(6)21-12-14-3-2-8(15-12)11(17)18/h2-5H,1H3,(H,17,18). The van der Waals surface area contributed by atoms with Crippen molar-refractivity contribution < 1.29 is 19.6 Å². The molecule has 0 aliphatic rings. The van der Waals surface area contributed by atoms with Gasteiger partial charge in [-0.15, -0.1) is 0 Å². The van der Waals surface area contributed by atoms with E-state index in [0.717, 1.165) is 0 Å². The van der Waals surface area contributed by atoms with E-state index in [2.05, 4.69) is 25.9 Å². The van der Waals surface area contributed by atoms with Gasteiger partial charge in [-0.3, -0.25) is 10.1 Å². The Balaban J connectivity index is 2.46. The maximum atomic E-state index is 11.1. The number of rotatable bonds is 4. The second kappa shape index (κ2) is 5.83. The Kier molecular flexibility index (Phi) is 4.13. The van der Waals surface area contributed by atoms with Crippen LogP contribution in [0.15, 0.2) is 28.9 Å². The lowest BCUT2D eigenvalue weighted by molar-refractivity contribution is -0.385. The Bertz CT molecular complexity index is 735. The van der Waals surface area contributed by atoms with Crippen molar-refractivity contribution in [2.75, 3.05) is 0 Å². The number of hydrogen-bond acceptors (Lipinski definition) is 6.